The van der Waals surface area contributed by atoms with Gasteiger partial charge in [0.1, 0.15) is 5.75 Å². The average Bonchev–Trinajstić information content (AvgIpc) is 2.78. The molecular formula is C16H10ClF4NO2. The quantitative estimate of drug-likeness (QED) is 0.796. The van der Waals surface area contributed by atoms with Crippen molar-refractivity contribution in [3.63, 3.8) is 0 Å². The van der Waals surface area contributed by atoms with E-state index in [-0.39, 0.29) is 27.6 Å². The molecule has 1 heterocycles. The highest BCUT2D eigenvalue weighted by molar-refractivity contribution is 6.30. The maximum absolute atomic E-state index is 15.7. The van der Waals surface area contributed by atoms with Crippen molar-refractivity contribution < 1.29 is 27.1 Å². The van der Waals surface area contributed by atoms with Gasteiger partial charge in [0, 0.05) is 21.8 Å². The van der Waals surface area contributed by atoms with Crippen LogP contribution in [0, 0.1) is 0 Å². The first-order valence-electron chi connectivity index (χ1n) is 6.74. The number of hydrogen-bond donors (Lipinski definition) is 1. The molecule has 0 radical (unpaired) electrons. The van der Waals surface area contributed by atoms with Gasteiger partial charge in [-0.2, -0.15) is 13.2 Å². The second kappa shape index (κ2) is 5.37. The number of hydrogen-bond acceptors (Lipinski definition) is 2. The minimum atomic E-state index is -4.60. The maximum atomic E-state index is 15.7. The number of anilines is 1. The number of ether oxygens (including phenoxy) is 1. The monoisotopic (exact) mass is 363 g/mol. The SMILES string of the molecule is COc1ccc(Cl)cc1[14C@@]1(F)c2ccc(C(F)(F)F)cc2N[14C]1=O. The first-order valence-corrected chi connectivity index (χ1v) is 7.12. The number of carbonyl (C=O) groups is 1. The van der Waals surface area contributed by atoms with Crippen molar-refractivity contribution in [2.24, 2.45) is 0 Å². The summed E-state index contributed by atoms with van der Waals surface area (Å²) in [4.78, 5) is 12.2. The lowest BCUT2D eigenvalue weighted by Gasteiger charge is -2.21. The third-order valence-electron chi connectivity index (χ3n) is 3.81. The van der Waals surface area contributed by atoms with E-state index in [1.165, 1.54) is 25.3 Å². The molecule has 1 atom stereocenters. The van der Waals surface area contributed by atoms with Crippen LogP contribution in [0.3, 0.4) is 0 Å². The lowest BCUT2D eigenvalue weighted by atomic mass is 10.1. The van der Waals surface area contributed by atoms with Crippen LogP contribution in [0.25, 0.3) is 0 Å². The molecule has 24 heavy (non-hydrogen) atoms. The summed E-state index contributed by atoms with van der Waals surface area (Å²) in [6, 6.07) is 6.42. The number of benzene rings is 2. The van der Waals surface area contributed by atoms with E-state index in [1.54, 1.807) is 0 Å². The van der Waals surface area contributed by atoms with Crippen molar-refractivity contribution >= 4 is 23.2 Å². The molecule has 1 amide bonds. The summed E-state index contributed by atoms with van der Waals surface area (Å²) < 4.78 is 59.1. The van der Waals surface area contributed by atoms with Gasteiger partial charge < -0.3 is 10.1 Å². The van der Waals surface area contributed by atoms with Gasteiger partial charge in [-0.3, -0.25) is 4.79 Å². The van der Waals surface area contributed by atoms with Crippen molar-refractivity contribution in [3.8, 4) is 5.75 Å². The number of methoxy groups -OCH3 is 1. The van der Waals surface area contributed by atoms with Gasteiger partial charge in [-0.1, -0.05) is 17.7 Å². The first-order chi connectivity index (χ1) is 11.2. The fraction of sp³-hybridized carbons (Fsp3) is 0.188. The predicted molar refractivity (Wildman–Crippen MR) is 80.0 cm³/mol. The van der Waals surface area contributed by atoms with E-state index < -0.39 is 23.3 Å². The first kappa shape index (κ1) is 16.6. The Balaban J connectivity index is 2.21. The predicted octanol–water partition coefficient (Wildman–Crippen LogP) is 4.53. The lowest BCUT2D eigenvalue weighted by Crippen LogP contribution is -2.31. The number of amides is 1. The van der Waals surface area contributed by atoms with E-state index in [0.717, 1.165) is 12.1 Å². The summed E-state index contributed by atoms with van der Waals surface area (Å²) in [7, 11) is 1.29. The van der Waals surface area contributed by atoms with Crippen molar-refractivity contribution in [1.29, 1.82) is 0 Å². The molecule has 126 valence electrons. The van der Waals surface area contributed by atoms with Gasteiger partial charge in [-0.05, 0) is 30.3 Å². The number of carbonyl (C=O) groups excluding carboxylic acids is 1. The van der Waals surface area contributed by atoms with Crippen molar-refractivity contribution in [1.82, 2.24) is 0 Å². The van der Waals surface area contributed by atoms with E-state index >= 15 is 4.39 Å². The van der Waals surface area contributed by atoms with Crippen LogP contribution in [0.4, 0.5) is 23.2 Å². The highest BCUT2D eigenvalue weighted by Crippen LogP contribution is 2.48. The highest BCUT2D eigenvalue weighted by Gasteiger charge is 2.51. The van der Waals surface area contributed by atoms with Crippen LogP contribution < -0.4 is 10.1 Å². The zero-order valence-electron chi connectivity index (χ0n) is 12.2. The van der Waals surface area contributed by atoms with Gasteiger partial charge in [0.2, 0.25) is 5.67 Å². The summed E-state index contributed by atoms with van der Waals surface area (Å²) in [5, 5.41) is 2.32. The van der Waals surface area contributed by atoms with Crippen LogP contribution in [0.5, 0.6) is 5.75 Å². The third-order valence-corrected chi connectivity index (χ3v) is 4.05. The Hall–Kier alpha value is -2.28. The van der Waals surface area contributed by atoms with Crippen LogP contribution in [0.1, 0.15) is 16.7 Å². The topological polar surface area (TPSA) is 38.3 Å². The molecule has 1 N–H and O–H groups in total. The van der Waals surface area contributed by atoms with Crippen LogP contribution >= 0.6 is 11.6 Å². The zero-order valence-corrected chi connectivity index (χ0v) is 12.9. The van der Waals surface area contributed by atoms with E-state index in [1.807, 2.05) is 0 Å². The van der Waals surface area contributed by atoms with E-state index in [2.05, 4.69) is 5.32 Å². The highest BCUT2D eigenvalue weighted by atomic mass is 35.5. The molecule has 3 rings (SSSR count). The molecule has 0 aromatic heterocycles. The van der Waals surface area contributed by atoms with Gasteiger partial charge in [-0.15, -0.1) is 0 Å². The molecule has 2 aromatic carbocycles. The Labute approximate surface area is 139 Å². The Bertz CT molecular complexity index is 837. The molecule has 0 unspecified atom stereocenters. The average molecular weight is 364 g/mol. The molecule has 0 saturated carbocycles. The van der Waals surface area contributed by atoms with Gasteiger partial charge in [0.25, 0.3) is 5.91 Å². The zero-order chi connectivity index (χ0) is 17.7. The van der Waals surface area contributed by atoms with E-state index in [4.69, 9.17) is 16.3 Å². The Morgan fingerprint density at radius 3 is 2.50 bits per heavy atom. The second-order valence-corrected chi connectivity index (χ2v) is 5.65. The van der Waals surface area contributed by atoms with Gasteiger partial charge in [0.05, 0.1) is 12.7 Å². The summed E-state index contributed by atoms with van der Waals surface area (Å²) >= 11 is 5.87. The van der Waals surface area contributed by atoms with Crippen LogP contribution in [-0.4, -0.2) is 13.0 Å². The second-order valence-electron chi connectivity index (χ2n) is 5.22. The van der Waals surface area contributed by atoms with Gasteiger partial charge >= 0.3 is 6.18 Å². The Morgan fingerprint density at radius 1 is 1.17 bits per heavy atom. The molecule has 3 nitrogen and oxygen atoms in total. The van der Waals surface area contributed by atoms with Crippen LogP contribution in [0.15, 0.2) is 36.4 Å². The normalized spacial score (nSPS) is 19.8. The number of nitrogens with one attached hydrogen (secondary N) is 1. The Morgan fingerprint density at radius 2 is 1.88 bits per heavy atom. The van der Waals surface area contributed by atoms with Gasteiger partial charge in [-0.25, -0.2) is 4.39 Å². The number of halogens is 5. The summed E-state index contributed by atoms with van der Waals surface area (Å²) in [6.45, 7) is 0. The fourth-order valence-electron chi connectivity index (χ4n) is 2.67. The molecule has 0 spiro atoms. The number of alkyl halides is 4. The van der Waals surface area contributed by atoms with Crippen molar-refractivity contribution in [2.75, 3.05) is 12.4 Å². The molecule has 2 aromatic rings. The molecular weight excluding hydrogens is 354 g/mol. The minimum Gasteiger partial charge on any atom is -0.496 e. The van der Waals surface area contributed by atoms with Crippen LogP contribution in [0.2, 0.25) is 5.02 Å². The standard InChI is InChI=1S/C16H10ClF4NO2/c1-24-13-5-3-9(17)7-11(13)15(18)10-4-2-8(16(19,20)21)6-12(10)22-14(15)23/h2-7H,1H3,(H,22,23)/t15-/m0/s1/i14+2,15+2. The molecule has 1 aliphatic heterocycles. The van der Waals surface area contributed by atoms with E-state index in [0.29, 0.717) is 6.07 Å². The summed E-state index contributed by atoms with van der Waals surface area (Å²) in [5.41, 5.74) is -4.31. The lowest BCUT2D eigenvalue weighted by molar-refractivity contribution is -0.137. The van der Waals surface area contributed by atoms with Gasteiger partial charge in [0.15, 0.2) is 0 Å². The maximum Gasteiger partial charge on any atom is 0.416 e. The molecule has 8 heteroatoms. The molecule has 0 aliphatic carbocycles. The number of fused-ring (bicyclic) bond motifs is 1. The Kier molecular flexibility index (Phi) is 3.71. The third kappa shape index (κ3) is 2.39. The van der Waals surface area contributed by atoms with E-state index in [9.17, 15) is 18.0 Å². The fourth-order valence-corrected chi connectivity index (χ4v) is 2.84. The largest absolute Gasteiger partial charge is 0.496 e. The van der Waals surface area contributed by atoms with Crippen molar-refractivity contribution in [3.05, 3.63) is 58.1 Å². The molecule has 0 bridgehead atoms. The molecule has 0 saturated heterocycles. The minimum absolute atomic E-state index is 0.0600. The summed E-state index contributed by atoms with van der Waals surface area (Å²) in [6.07, 6.45) is -4.60. The molecule has 1 aliphatic rings. The van der Waals surface area contributed by atoms with Crippen LogP contribution in [-0.2, 0) is 16.6 Å². The number of rotatable bonds is 2. The summed E-state index contributed by atoms with van der Waals surface area (Å²) in [5.74, 6) is -1.04. The smallest absolute Gasteiger partial charge is 0.416 e. The van der Waals surface area contributed by atoms with Crippen molar-refractivity contribution in [2.45, 2.75) is 11.8 Å². The molecule has 0 fully saturated rings.